The van der Waals surface area contributed by atoms with E-state index in [-0.39, 0.29) is 11.1 Å². The van der Waals surface area contributed by atoms with Gasteiger partial charge in [0.05, 0.1) is 16.8 Å². The lowest BCUT2D eigenvalue weighted by Crippen LogP contribution is -2.29. The second kappa shape index (κ2) is 9.21. The van der Waals surface area contributed by atoms with E-state index in [0.29, 0.717) is 16.0 Å². The summed E-state index contributed by atoms with van der Waals surface area (Å²) in [4.78, 5) is 30.4. The monoisotopic (exact) mass is 512 g/mol. The van der Waals surface area contributed by atoms with Gasteiger partial charge in [0, 0.05) is 15.6 Å². The number of fused-ring (bicyclic) bond motifs is 2. The zero-order valence-corrected chi connectivity index (χ0v) is 20.5. The lowest BCUT2D eigenvalue weighted by molar-refractivity contribution is -0.119. The number of nitrogens with zero attached hydrogens (tertiary/aromatic N) is 1. The minimum absolute atomic E-state index is 0.0269. The van der Waals surface area contributed by atoms with Crippen LogP contribution in [-0.4, -0.2) is 23.5 Å². The molecule has 1 N–H and O–H groups in total. The maximum absolute atomic E-state index is 14.0. The van der Waals surface area contributed by atoms with E-state index in [2.05, 4.69) is 42.0 Å². The summed E-state index contributed by atoms with van der Waals surface area (Å²) >= 11 is 3.18. The molecule has 0 bridgehead atoms. The van der Waals surface area contributed by atoms with Gasteiger partial charge in [0.2, 0.25) is 0 Å². The Morgan fingerprint density at radius 1 is 1.21 bits per heavy atom. The van der Waals surface area contributed by atoms with Gasteiger partial charge in [-0.1, -0.05) is 54.9 Å². The summed E-state index contributed by atoms with van der Waals surface area (Å²) < 4.78 is 20.0. The summed E-state index contributed by atoms with van der Waals surface area (Å²) in [5.41, 5.74) is 3.16. The van der Waals surface area contributed by atoms with E-state index in [1.165, 1.54) is 12.1 Å². The van der Waals surface area contributed by atoms with Crippen molar-refractivity contribution in [3.05, 3.63) is 69.6 Å². The van der Waals surface area contributed by atoms with Crippen LogP contribution in [0.1, 0.15) is 48.8 Å². The number of carbonyl (C=O) groups excluding carboxylic acids is 2. The zero-order valence-electron chi connectivity index (χ0n) is 18.9. The predicted molar refractivity (Wildman–Crippen MR) is 130 cm³/mol. The van der Waals surface area contributed by atoms with Crippen molar-refractivity contribution in [1.82, 2.24) is 4.98 Å². The third-order valence-corrected chi connectivity index (χ3v) is 6.72. The van der Waals surface area contributed by atoms with Crippen molar-refractivity contribution in [3.63, 3.8) is 0 Å². The first-order valence-electron chi connectivity index (χ1n) is 11.0. The van der Waals surface area contributed by atoms with Gasteiger partial charge in [-0.05, 0) is 60.4 Å². The third kappa shape index (κ3) is 5.08. The Hall–Kier alpha value is -2.80. The highest BCUT2D eigenvalue weighted by atomic mass is 79.9. The van der Waals surface area contributed by atoms with Crippen molar-refractivity contribution >= 4 is 44.4 Å². The maximum atomic E-state index is 14.0. The fourth-order valence-corrected chi connectivity index (χ4v) is 4.67. The number of benzene rings is 2. The number of rotatable bonds is 4. The first kappa shape index (κ1) is 23.4. The van der Waals surface area contributed by atoms with E-state index in [4.69, 9.17) is 9.72 Å². The first-order valence-corrected chi connectivity index (χ1v) is 11.8. The molecule has 0 saturated heterocycles. The highest BCUT2D eigenvalue weighted by Crippen LogP contribution is 2.39. The quantitative estimate of drug-likeness (QED) is 0.430. The standard InChI is InChI=1S/C26H26BrFN2O3/c1-26(2,3)15-8-10-21-18(12-15)24(17-6-4-5-7-20(17)29-21)25(32)33-14-23(31)30-22-11-9-16(27)13-19(22)28/h4-7,9,11,13,15H,8,10,12,14H2,1-3H3,(H,30,31). The molecule has 7 heteroatoms. The number of carbonyl (C=O) groups is 2. The number of amides is 1. The van der Waals surface area contributed by atoms with Crippen LogP contribution < -0.4 is 5.32 Å². The van der Waals surface area contributed by atoms with Gasteiger partial charge in [-0.2, -0.15) is 0 Å². The summed E-state index contributed by atoms with van der Waals surface area (Å²) in [6, 6.07) is 11.8. The molecule has 0 fully saturated rings. The predicted octanol–water partition coefficient (Wildman–Crippen LogP) is 6.08. The van der Waals surface area contributed by atoms with Gasteiger partial charge >= 0.3 is 5.97 Å². The molecule has 1 amide bonds. The van der Waals surface area contributed by atoms with Gasteiger partial charge < -0.3 is 10.1 Å². The van der Waals surface area contributed by atoms with Crippen molar-refractivity contribution in [2.75, 3.05) is 11.9 Å². The number of ether oxygens (including phenoxy) is 1. The van der Waals surface area contributed by atoms with Gasteiger partial charge in [-0.25, -0.2) is 9.18 Å². The number of esters is 1. The normalized spacial score (nSPS) is 15.7. The van der Waals surface area contributed by atoms with Crippen molar-refractivity contribution in [1.29, 1.82) is 0 Å². The van der Waals surface area contributed by atoms with E-state index in [9.17, 15) is 14.0 Å². The van der Waals surface area contributed by atoms with Crippen LogP contribution in [0, 0.1) is 17.2 Å². The molecule has 3 aromatic rings. The average molecular weight is 513 g/mol. The molecule has 1 heterocycles. The van der Waals surface area contributed by atoms with Crippen molar-refractivity contribution < 1.29 is 18.7 Å². The van der Waals surface area contributed by atoms with Crippen LogP contribution in [-0.2, 0) is 22.4 Å². The number of nitrogens with one attached hydrogen (secondary N) is 1. The Kier molecular flexibility index (Phi) is 6.52. The number of pyridine rings is 1. The van der Waals surface area contributed by atoms with E-state index in [1.807, 2.05) is 24.3 Å². The second-order valence-electron chi connectivity index (χ2n) is 9.48. The van der Waals surface area contributed by atoms with Crippen LogP contribution in [0.2, 0.25) is 0 Å². The van der Waals surface area contributed by atoms with Crippen LogP contribution in [0.3, 0.4) is 0 Å². The van der Waals surface area contributed by atoms with E-state index < -0.39 is 24.3 Å². The molecule has 0 radical (unpaired) electrons. The highest BCUT2D eigenvalue weighted by molar-refractivity contribution is 9.10. The SMILES string of the molecule is CC(C)(C)C1CCc2nc3ccccc3c(C(=O)OCC(=O)Nc3ccc(Br)cc3F)c2C1. The van der Waals surface area contributed by atoms with E-state index in [1.54, 1.807) is 6.07 Å². The number of para-hydroxylation sites is 1. The number of aromatic nitrogens is 1. The molecule has 1 unspecified atom stereocenters. The minimum Gasteiger partial charge on any atom is -0.452 e. The molecular weight excluding hydrogens is 487 g/mol. The lowest BCUT2D eigenvalue weighted by atomic mass is 9.70. The number of hydrogen-bond acceptors (Lipinski definition) is 4. The molecule has 172 valence electrons. The van der Waals surface area contributed by atoms with Crippen molar-refractivity contribution in [2.45, 2.75) is 40.0 Å². The molecule has 33 heavy (non-hydrogen) atoms. The molecule has 2 aromatic carbocycles. The zero-order chi connectivity index (χ0) is 23.8. The molecular formula is C26H26BrFN2O3. The van der Waals surface area contributed by atoms with E-state index >= 15 is 0 Å². The summed E-state index contributed by atoms with van der Waals surface area (Å²) in [5, 5.41) is 3.16. The van der Waals surface area contributed by atoms with Crippen LogP contribution in [0.4, 0.5) is 10.1 Å². The molecule has 1 aliphatic carbocycles. The van der Waals surface area contributed by atoms with Crippen molar-refractivity contribution in [2.24, 2.45) is 11.3 Å². The fourth-order valence-electron chi connectivity index (χ4n) is 4.34. The van der Waals surface area contributed by atoms with Crippen molar-refractivity contribution in [3.8, 4) is 0 Å². The molecule has 1 atom stereocenters. The number of halogens is 2. The molecule has 0 aliphatic heterocycles. The number of hydrogen-bond donors (Lipinski definition) is 1. The Labute approximate surface area is 200 Å². The van der Waals surface area contributed by atoms with Gasteiger partial charge in [-0.3, -0.25) is 9.78 Å². The Bertz CT molecular complexity index is 1240. The van der Waals surface area contributed by atoms with Crippen LogP contribution in [0.25, 0.3) is 10.9 Å². The molecule has 5 nitrogen and oxygen atoms in total. The summed E-state index contributed by atoms with van der Waals surface area (Å²) in [6.07, 6.45) is 2.54. The fraction of sp³-hybridized carbons (Fsp3) is 0.346. The van der Waals surface area contributed by atoms with Gasteiger partial charge in [0.1, 0.15) is 5.82 Å². The maximum Gasteiger partial charge on any atom is 0.339 e. The Morgan fingerprint density at radius 2 is 1.97 bits per heavy atom. The number of anilines is 1. The topological polar surface area (TPSA) is 68.3 Å². The summed E-state index contributed by atoms with van der Waals surface area (Å²) in [5.74, 6) is -1.34. The van der Waals surface area contributed by atoms with Crippen LogP contribution >= 0.6 is 15.9 Å². The average Bonchev–Trinajstić information content (AvgIpc) is 2.76. The summed E-state index contributed by atoms with van der Waals surface area (Å²) in [6.45, 7) is 6.12. The smallest absolute Gasteiger partial charge is 0.339 e. The van der Waals surface area contributed by atoms with Crippen LogP contribution in [0.15, 0.2) is 46.9 Å². The first-order chi connectivity index (χ1) is 15.6. The molecule has 0 spiro atoms. The highest BCUT2D eigenvalue weighted by Gasteiger charge is 2.33. The number of aryl methyl sites for hydroxylation is 1. The second-order valence-corrected chi connectivity index (χ2v) is 10.4. The molecule has 0 saturated carbocycles. The molecule has 4 rings (SSSR count). The Morgan fingerprint density at radius 3 is 2.70 bits per heavy atom. The van der Waals surface area contributed by atoms with Gasteiger partial charge in [0.15, 0.2) is 6.61 Å². The lowest BCUT2D eigenvalue weighted by Gasteiger charge is -2.35. The Balaban J connectivity index is 1.59. The third-order valence-electron chi connectivity index (χ3n) is 6.23. The summed E-state index contributed by atoms with van der Waals surface area (Å²) in [7, 11) is 0. The molecule has 1 aromatic heterocycles. The van der Waals surface area contributed by atoms with Crippen LogP contribution in [0.5, 0.6) is 0 Å². The molecule has 1 aliphatic rings. The largest absolute Gasteiger partial charge is 0.452 e. The minimum atomic E-state index is -0.607. The van der Waals surface area contributed by atoms with Gasteiger partial charge in [0.25, 0.3) is 5.91 Å². The van der Waals surface area contributed by atoms with E-state index in [0.717, 1.165) is 41.4 Å². The van der Waals surface area contributed by atoms with Gasteiger partial charge in [-0.15, -0.1) is 0 Å².